The van der Waals surface area contributed by atoms with E-state index in [9.17, 15) is 14.2 Å². The van der Waals surface area contributed by atoms with Gasteiger partial charge in [-0.1, -0.05) is 0 Å². The number of nitrogens with one attached hydrogen (secondary N) is 1. The van der Waals surface area contributed by atoms with Crippen molar-refractivity contribution < 1.29 is 85.2 Å². The first-order chi connectivity index (χ1) is 15.1. The van der Waals surface area contributed by atoms with E-state index < -0.39 is 65.3 Å². The Morgan fingerprint density at radius 2 is 1.88 bits per heavy atom. The number of nitrogens with two attached hydrogens (primary N) is 1. The van der Waals surface area contributed by atoms with Crippen LogP contribution in [0.2, 0.25) is 0 Å². The first kappa shape index (κ1) is 28.1. The molecule has 2 aliphatic heterocycles. The minimum atomic E-state index is -3.21. The summed E-state index contributed by atoms with van der Waals surface area (Å²) in [6.45, 7) is -0.280. The second-order valence-electron chi connectivity index (χ2n) is 6.43. The van der Waals surface area contributed by atoms with Crippen LogP contribution in [-0.4, -0.2) is 76.5 Å². The van der Waals surface area contributed by atoms with Crippen LogP contribution in [0.4, 0.5) is 5.95 Å². The molecule has 7 N–H and O–H groups in total. The number of aromatic amines is 1. The first-order valence-corrected chi connectivity index (χ1v) is 11.3. The van der Waals surface area contributed by atoms with Crippen LogP contribution >= 0.6 is 16.5 Å². The molecule has 17 nitrogen and oxygen atoms in total. The predicted molar refractivity (Wildman–Crippen MR) is 103 cm³/mol. The summed E-state index contributed by atoms with van der Waals surface area (Å²) in [5.41, 5.74) is 5.21. The van der Waals surface area contributed by atoms with E-state index >= 15 is 0 Å². The number of carboxylic acids is 1. The smallest absolute Gasteiger partial charge is 0.316 e. The molecule has 2 aromatic heterocycles. The molecule has 6 atom stereocenters. The van der Waals surface area contributed by atoms with Gasteiger partial charge in [0.1, 0.15) is 18.3 Å². The molecule has 0 saturated carbocycles. The zero-order valence-electron chi connectivity index (χ0n) is 16.4. The quantitative estimate of drug-likeness (QED) is 0.198. The van der Waals surface area contributed by atoms with E-state index in [2.05, 4.69) is 15.0 Å². The maximum atomic E-state index is 12.0. The van der Waals surface area contributed by atoms with Crippen LogP contribution in [0.1, 0.15) is 12.6 Å². The molecule has 4 rings (SSSR count). The molecule has 4 heterocycles. The number of aromatic nitrogens is 4. The third-order valence-corrected chi connectivity index (χ3v) is 4.75. The fraction of sp³-hybridized carbons (Fsp3) is 0.538. The standard InChI is InChI=1S/C13H16N5O9P.H3O3P.Y/c14-13-16-10-7(11(21)17-13)15-3-18(10)12-9-8(4(25-12)2-24-28(22)23)26-6(27-9)1-5(19)20;1-4(2)3;/h3-4,6,8-9,12,28H,1-2H2,(H,19,20)(H,22,23)(H3,14,16,17,21);4H,(H2,1,2,3);/t4-,6?,8?,9?,12-;;/m1../s1. The van der Waals surface area contributed by atoms with E-state index in [0.717, 1.165) is 0 Å². The Morgan fingerprint density at radius 3 is 2.48 bits per heavy atom. The van der Waals surface area contributed by atoms with Gasteiger partial charge in [0.05, 0.1) is 19.4 Å². The van der Waals surface area contributed by atoms with Gasteiger partial charge in [-0.2, -0.15) is 4.98 Å². The summed E-state index contributed by atoms with van der Waals surface area (Å²) >= 11 is 0. The molecule has 0 bridgehead atoms. The molecule has 2 saturated heterocycles. The minimum Gasteiger partial charge on any atom is -0.481 e. The van der Waals surface area contributed by atoms with Crippen molar-refractivity contribution in [2.24, 2.45) is 0 Å². The zero-order valence-corrected chi connectivity index (χ0v) is 21.3. The summed E-state index contributed by atoms with van der Waals surface area (Å²) in [6.07, 6.45) is -3.43. The van der Waals surface area contributed by atoms with Crippen molar-refractivity contribution in [1.82, 2.24) is 19.5 Å². The SMILES string of the molecule is Nc1nc2c(ncn2[C@@H]2O[C@H](CO[PH](=O)O)C3OC(CC(=O)O)OC32)c(=O)[nH]1.O=[PH](O)O.[Y]. The number of rotatable bonds is 6. The van der Waals surface area contributed by atoms with Gasteiger partial charge >= 0.3 is 22.5 Å². The number of nitrogen functional groups attached to an aromatic ring is 1. The Labute approximate surface area is 210 Å². The monoisotopic (exact) mass is 588 g/mol. The molecule has 0 amide bonds. The van der Waals surface area contributed by atoms with Crippen molar-refractivity contribution in [2.45, 2.75) is 37.3 Å². The van der Waals surface area contributed by atoms with E-state index in [1.165, 1.54) is 10.9 Å². The Balaban J connectivity index is 0.000000714. The predicted octanol–water partition coefficient (Wildman–Crippen LogP) is -2.06. The molecule has 2 aliphatic rings. The van der Waals surface area contributed by atoms with E-state index in [1.54, 1.807) is 0 Å². The average molecular weight is 588 g/mol. The molecule has 0 spiro atoms. The molecule has 0 aromatic carbocycles. The maximum absolute atomic E-state index is 12.0. The van der Waals surface area contributed by atoms with Crippen LogP contribution in [0.25, 0.3) is 11.2 Å². The molecular weight excluding hydrogens is 569 g/mol. The Hall–Kier alpha value is -1.10. The van der Waals surface area contributed by atoms with Gasteiger partial charge in [0.25, 0.3) is 5.56 Å². The summed E-state index contributed by atoms with van der Waals surface area (Å²) in [7, 11) is -6.34. The summed E-state index contributed by atoms with van der Waals surface area (Å²) in [6, 6.07) is 0. The number of aliphatic carboxylic acids is 1. The summed E-state index contributed by atoms with van der Waals surface area (Å²) in [5.74, 6) is -1.25. The minimum absolute atomic E-state index is 0. The summed E-state index contributed by atoms with van der Waals surface area (Å²) in [4.78, 5) is 56.6. The van der Waals surface area contributed by atoms with E-state index in [0.29, 0.717) is 0 Å². The molecule has 2 aromatic rings. The summed E-state index contributed by atoms with van der Waals surface area (Å²) < 4.78 is 42.9. The largest absolute Gasteiger partial charge is 0.481 e. The molecule has 0 aliphatic carbocycles. The Kier molecular flexibility index (Phi) is 10.3. The van der Waals surface area contributed by atoms with Crippen molar-refractivity contribution in [2.75, 3.05) is 12.3 Å². The van der Waals surface area contributed by atoms with Crippen molar-refractivity contribution in [3.05, 3.63) is 16.7 Å². The second kappa shape index (κ2) is 12.0. The fourth-order valence-corrected chi connectivity index (χ4v) is 3.59. The van der Waals surface area contributed by atoms with Crippen LogP contribution in [0.3, 0.4) is 0 Å². The number of fused-ring (bicyclic) bond motifs is 2. The average Bonchev–Trinajstić information content (AvgIpc) is 3.32. The van der Waals surface area contributed by atoms with Gasteiger partial charge in [-0.3, -0.25) is 28.3 Å². The van der Waals surface area contributed by atoms with Crippen molar-refractivity contribution in [3.8, 4) is 0 Å². The van der Waals surface area contributed by atoms with Crippen molar-refractivity contribution in [3.63, 3.8) is 0 Å². The fourth-order valence-electron chi connectivity index (χ4n) is 3.28. The van der Waals surface area contributed by atoms with Gasteiger partial charge in [0, 0.05) is 32.7 Å². The van der Waals surface area contributed by atoms with E-state index in [4.69, 9.17) is 48.8 Å². The zero-order chi connectivity index (χ0) is 23.6. The van der Waals surface area contributed by atoms with E-state index in [1.807, 2.05) is 0 Å². The number of hydrogen-bond donors (Lipinski definition) is 6. The molecule has 20 heteroatoms. The number of hydrogen-bond acceptors (Lipinski definition) is 11. The van der Waals surface area contributed by atoms with Gasteiger partial charge in [0.15, 0.2) is 23.7 Å². The number of carboxylic acid groups (broad SMARTS) is 1. The second-order valence-corrected chi connectivity index (χ2v) is 7.81. The number of carbonyl (C=O) groups is 1. The number of nitrogens with zero attached hydrogens (tertiary/aromatic N) is 3. The molecular formula is C13H19N5O12P2Y. The molecule has 2 fully saturated rings. The molecule has 181 valence electrons. The van der Waals surface area contributed by atoms with Crippen molar-refractivity contribution >= 4 is 39.6 Å². The van der Waals surface area contributed by atoms with E-state index in [-0.39, 0.29) is 56.4 Å². The number of imidazole rings is 1. The Morgan fingerprint density at radius 1 is 1.24 bits per heavy atom. The normalized spacial score (nSPS) is 27.0. The van der Waals surface area contributed by atoms with Gasteiger partial charge in [-0.15, -0.1) is 0 Å². The number of ether oxygens (including phenoxy) is 3. The van der Waals surface area contributed by atoms with Crippen LogP contribution in [0, 0.1) is 0 Å². The van der Waals surface area contributed by atoms with Gasteiger partial charge in [-0.25, -0.2) is 4.98 Å². The first-order valence-electron chi connectivity index (χ1n) is 8.75. The maximum Gasteiger partial charge on any atom is 0.316 e. The third kappa shape index (κ3) is 6.96. The van der Waals surface area contributed by atoms with Crippen LogP contribution in [0.5, 0.6) is 0 Å². The van der Waals surface area contributed by atoms with Crippen LogP contribution in [-0.2, 0) is 65.4 Å². The number of anilines is 1. The third-order valence-electron chi connectivity index (χ3n) is 4.34. The number of H-pyrrole nitrogens is 1. The molecule has 1 radical (unpaired) electrons. The van der Waals surface area contributed by atoms with Gasteiger partial charge < -0.3 is 44.3 Å². The topological polar surface area (TPSA) is 259 Å². The molecule has 33 heavy (non-hydrogen) atoms. The summed E-state index contributed by atoms with van der Waals surface area (Å²) in [5, 5.41) is 8.97. The Bertz CT molecular complexity index is 1090. The molecule has 4 unspecified atom stereocenters. The van der Waals surface area contributed by atoms with Crippen molar-refractivity contribution in [1.29, 1.82) is 0 Å². The van der Waals surface area contributed by atoms with Gasteiger partial charge in [-0.05, 0) is 0 Å². The van der Waals surface area contributed by atoms with Crippen LogP contribution in [0.15, 0.2) is 11.1 Å². The van der Waals surface area contributed by atoms with Crippen LogP contribution < -0.4 is 11.3 Å². The van der Waals surface area contributed by atoms with Gasteiger partial charge in [0.2, 0.25) is 5.95 Å².